The molecule has 2 aromatic carbocycles. The number of amides is 1. The van der Waals surface area contributed by atoms with Gasteiger partial charge in [0, 0.05) is 16.8 Å². The first-order valence-corrected chi connectivity index (χ1v) is 10.5. The highest BCUT2D eigenvalue weighted by atomic mass is 35.5. The van der Waals surface area contributed by atoms with Gasteiger partial charge in [0.05, 0.1) is 31.2 Å². The molecule has 0 radical (unpaired) electrons. The molecule has 9 heteroatoms. The van der Waals surface area contributed by atoms with Crippen LogP contribution in [0.1, 0.15) is 19.7 Å². The molecule has 1 unspecified atom stereocenters. The molecule has 0 saturated heterocycles. The van der Waals surface area contributed by atoms with Gasteiger partial charge >= 0.3 is 0 Å². The number of halogens is 1. The number of carbonyl (C=O) groups excluding carboxylic acids is 1. The van der Waals surface area contributed by atoms with E-state index in [1.165, 1.54) is 0 Å². The number of aromatic nitrogens is 2. The van der Waals surface area contributed by atoms with E-state index in [1.807, 2.05) is 20.9 Å². The summed E-state index contributed by atoms with van der Waals surface area (Å²) in [7, 11) is 1.85. The van der Waals surface area contributed by atoms with E-state index in [2.05, 4.69) is 15.3 Å². The molecule has 3 rings (SSSR count). The van der Waals surface area contributed by atoms with E-state index in [9.17, 15) is 9.59 Å². The van der Waals surface area contributed by atoms with Gasteiger partial charge in [-0.2, -0.15) is 0 Å². The summed E-state index contributed by atoms with van der Waals surface area (Å²) in [5, 5.41) is 3.86. The lowest BCUT2D eigenvalue weighted by atomic mass is 10.2. The van der Waals surface area contributed by atoms with Gasteiger partial charge in [-0.05, 0) is 44.2 Å². The second kappa shape index (κ2) is 10.3. The summed E-state index contributed by atoms with van der Waals surface area (Å²) >= 11 is 6.01. The predicted molar refractivity (Wildman–Crippen MR) is 120 cm³/mol. The van der Waals surface area contributed by atoms with Crippen molar-refractivity contribution in [2.24, 2.45) is 0 Å². The highest BCUT2D eigenvalue weighted by Gasteiger charge is 2.15. The lowest BCUT2D eigenvalue weighted by Gasteiger charge is -2.15. The molecule has 3 aromatic rings. The van der Waals surface area contributed by atoms with Crippen LogP contribution in [0.2, 0.25) is 5.02 Å². The summed E-state index contributed by atoms with van der Waals surface area (Å²) in [4.78, 5) is 32.9. The van der Waals surface area contributed by atoms with Crippen molar-refractivity contribution in [3.05, 3.63) is 57.6 Å². The summed E-state index contributed by atoms with van der Waals surface area (Å²) < 4.78 is 11.1. The number of fused-ring (bicyclic) bond motifs is 1. The Labute approximate surface area is 185 Å². The van der Waals surface area contributed by atoms with Crippen molar-refractivity contribution >= 4 is 34.1 Å². The third-order valence-corrected chi connectivity index (χ3v) is 4.71. The van der Waals surface area contributed by atoms with Crippen molar-refractivity contribution in [1.82, 2.24) is 9.97 Å². The number of rotatable bonds is 9. The lowest BCUT2D eigenvalue weighted by molar-refractivity contribution is -0.885. The van der Waals surface area contributed by atoms with Crippen molar-refractivity contribution in [2.75, 3.05) is 32.1 Å². The number of carbonyl (C=O) groups is 1. The monoisotopic (exact) mass is 445 g/mol. The molecular formula is C22H26ClN4O4+. The molecule has 0 bridgehead atoms. The van der Waals surface area contributed by atoms with Crippen LogP contribution in [0.25, 0.3) is 10.9 Å². The number of nitrogens with one attached hydrogen (secondary N) is 3. The third kappa shape index (κ3) is 5.96. The van der Waals surface area contributed by atoms with Gasteiger partial charge in [0.25, 0.3) is 11.5 Å². The molecule has 0 fully saturated rings. The molecule has 0 aliphatic rings. The van der Waals surface area contributed by atoms with E-state index in [1.54, 1.807) is 36.4 Å². The number of aromatic amines is 1. The third-order valence-electron chi connectivity index (χ3n) is 4.48. The van der Waals surface area contributed by atoms with E-state index in [0.29, 0.717) is 58.7 Å². The number of hydrogen-bond donors (Lipinski definition) is 3. The van der Waals surface area contributed by atoms with E-state index in [4.69, 9.17) is 21.1 Å². The number of anilines is 1. The van der Waals surface area contributed by atoms with Crippen molar-refractivity contribution < 1.29 is 19.2 Å². The zero-order valence-electron chi connectivity index (χ0n) is 17.8. The average molecular weight is 446 g/mol. The molecule has 1 atom stereocenters. The molecule has 0 spiro atoms. The Hall–Kier alpha value is -3.10. The van der Waals surface area contributed by atoms with Gasteiger partial charge in [-0.15, -0.1) is 0 Å². The van der Waals surface area contributed by atoms with E-state index < -0.39 is 0 Å². The molecule has 31 heavy (non-hydrogen) atoms. The van der Waals surface area contributed by atoms with Crippen LogP contribution in [0.15, 0.2) is 41.2 Å². The predicted octanol–water partition coefficient (Wildman–Crippen LogP) is 2.03. The van der Waals surface area contributed by atoms with Gasteiger partial charge in [-0.1, -0.05) is 11.6 Å². The van der Waals surface area contributed by atoms with Crippen LogP contribution in [-0.2, 0) is 11.3 Å². The van der Waals surface area contributed by atoms with Gasteiger partial charge in [-0.25, -0.2) is 4.98 Å². The largest absolute Gasteiger partial charge is 0.490 e. The average Bonchev–Trinajstić information content (AvgIpc) is 2.69. The molecule has 0 aliphatic heterocycles. The molecule has 8 nitrogen and oxygen atoms in total. The quantitative estimate of drug-likeness (QED) is 0.468. The summed E-state index contributed by atoms with van der Waals surface area (Å²) in [5.41, 5.74) is 0.921. The second-order valence-electron chi connectivity index (χ2n) is 7.06. The number of nitrogens with zero attached hydrogens (tertiary/aromatic N) is 1. The maximum atomic E-state index is 12.5. The van der Waals surface area contributed by atoms with Crippen LogP contribution in [0.5, 0.6) is 11.5 Å². The van der Waals surface area contributed by atoms with Crippen LogP contribution in [-0.4, -0.2) is 42.7 Å². The number of likely N-dealkylation sites (N-methyl/N-ethyl adjacent to an activating group) is 1. The number of H-pyrrole nitrogens is 1. The topological polar surface area (TPSA) is 97.7 Å². The Bertz CT molecular complexity index is 1130. The lowest BCUT2D eigenvalue weighted by Crippen LogP contribution is -3.08. The van der Waals surface area contributed by atoms with Crippen LogP contribution >= 0.6 is 11.6 Å². The second-order valence-corrected chi connectivity index (χ2v) is 7.50. The Morgan fingerprint density at radius 1 is 1.13 bits per heavy atom. The van der Waals surface area contributed by atoms with Crippen LogP contribution in [0.3, 0.4) is 0 Å². The number of ether oxygens (including phenoxy) is 2. The fourth-order valence-electron chi connectivity index (χ4n) is 3.20. The maximum Gasteiger partial charge on any atom is 0.279 e. The van der Waals surface area contributed by atoms with Gasteiger partial charge in [0.1, 0.15) is 6.54 Å². The number of hydrogen-bond acceptors (Lipinski definition) is 5. The molecule has 1 aromatic heterocycles. The minimum absolute atomic E-state index is 0.171. The summed E-state index contributed by atoms with van der Waals surface area (Å²) in [6, 6.07) is 10.2. The van der Waals surface area contributed by atoms with E-state index in [-0.39, 0.29) is 18.0 Å². The number of benzene rings is 2. The molecule has 3 N–H and O–H groups in total. The Morgan fingerprint density at radius 3 is 2.61 bits per heavy atom. The normalized spacial score (nSPS) is 11.9. The Kier molecular flexibility index (Phi) is 7.49. The van der Waals surface area contributed by atoms with Gasteiger partial charge in [0.2, 0.25) is 0 Å². The van der Waals surface area contributed by atoms with Crippen LogP contribution in [0, 0.1) is 0 Å². The number of quaternary nitrogens is 1. The van der Waals surface area contributed by atoms with Crippen molar-refractivity contribution in [3.63, 3.8) is 0 Å². The van der Waals surface area contributed by atoms with Gasteiger partial charge in [-0.3, -0.25) is 9.59 Å². The minimum Gasteiger partial charge on any atom is -0.490 e. The van der Waals surface area contributed by atoms with Crippen LogP contribution in [0.4, 0.5) is 5.69 Å². The molecule has 1 heterocycles. The smallest absolute Gasteiger partial charge is 0.279 e. The SMILES string of the molecule is CCOc1ccc(NC(=O)C[NH+](C)Cc2nc3cc(Cl)ccc3c(=O)[nH]2)cc1OCC. The Balaban J connectivity index is 1.65. The molecule has 164 valence electrons. The zero-order valence-corrected chi connectivity index (χ0v) is 18.5. The highest BCUT2D eigenvalue weighted by molar-refractivity contribution is 6.31. The maximum absolute atomic E-state index is 12.5. The summed E-state index contributed by atoms with van der Waals surface area (Å²) in [5.74, 6) is 1.54. The van der Waals surface area contributed by atoms with Crippen molar-refractivity contribution in [1.29, 1.82) is 0 Å². The van der Waals surface area contributed by atoms with Crippen LogP contribution < -0.4 is 25.2 Å². The summed E-state index contributed by atoms with van der Waals surface area (Å²) in [6.45, 7) is 5.37. The van der Waals surface area contributed by atoms with Gasteiger partial charge in [0.15, 0.2) is 23.9 Å². The molecule has 1 amide bonds. The first-order chi connectivity index (χ1) is 14.9. The molecule has 0 aliphatic carbocycles. The van der Waals surface area contributed by atoms with Gasteiger partial charge < -0.3 is 24.7 Å². The van der Waals surface area contributed by atoms with E-state index in [0.717, 1.165) is 4.90 Å². The first kappa shape index (κ1) is 22.6. The fourth-order valence-corrected chi connectivity index (χ4v) is 3.37. The minimum atomic E-state index is -0.230. The Morgan fingerprint density at radius 2 is 1.87 bits per heavy atom. The fraction of sp³-hybridized carbons (Fsp3) is 0.318. The highest BCUT2D eigenvalue weighted by Crippen LogP contribution is 2.30. The van der Waals surface area contributed by atoms with Crippen molar-refractivity contribution in [2.45, 2.75) is 20.4 Å². The summed E-state index contributed by atoms with van der Waals surface area (Å²) in [6.07, 6.45) is 0. The first-order valence-electron chi connectivity index (χ1n) is 10.1. The zero-order chi connectivity index (χ0) is 22.4. The molecular weight excluding hydrogens is 420 g/mol. The van der Waals surface area contributed by atoms with Crippen molar-refractivity contribution in [3.8, 4) is 11.5 Å². The standard InChI is InChI=1S/C22H25ClN4O4/c1-4-30-18-9-7-15(11-19(18)31-5-2)24-21(28)13-27(3)12-20-25-17-10-14(23)6-8-16(17)22(29)26-20/h6-11H,4-5,12-13H2,1-3H3,(H,24,28)(H,25,26,29)/p+1. The molecule has 0 saturated carbocycles. The van der Waals surface area contributed by atoms with E-state index >= 15 is 0 Å².